The van der Waals surface area contributed by atoms with Crippen molar-refractivity contribution in [2.45, 2.75) is 64.3 Å². The molecule has 0 spiro atoms. The van der Waals surface area contributed by atoms with Crippen LogP contribution in [0.15, 0.2) is 36.4 Å². The van der Waals surface area contributed by atoms with Gasteiger partial charge in [0, 0.05) is 0 Å². The van der Waals surface area contributed by atoms with Crippen LogP contribution in [0.5, 0.6) is 11.5 Å². The molecule has 0 aliphatic carbocycles. The van der Waals surface area contributed by atoms with Crippen LogP contribution in [0.2, 0.25) is 18.1 Å². The Labute approximate surface area is 146 Å². The second kappa shape index (κ2) is 7.29. The molecule has 1 aromatic carbocycles. The minimum Gasteiger partial charge on any atom is -0.497 e. The number of hydrogen-bond donors (Lipinski definition) is 0. The van der Waals surface area contributed by atoms with E-state index in [1.165, 1.54) is 0 Å². The molecule has 0 saturated carbocycles. The molecule has 0 amide bonds. The summed E-state index contributed by atoms with van der Waals surface area (Å²) in [6.07, 6.45) is 3.53. The molecule has 134 valence electrons. The lowest BCUT2D eigenvalue weighted by atomic mass is 10.2. The standard InChI is InChI=1S/C19H30O4Si/c1-14-17(23-24(6,7)19(2,3)4)12-13-18(21-14)22-16-10-8-15(20-5)9-11-16/h8-14,17-18H,1-7H3/t14-,17+,18-/m0/s1. The third-order valence-corrected chi connectivity index (χ3v) is 9.29. The van der Waals surface area contributed by atoms with Crippen molar-refractivity contribution in [3.05, 3.63) is 36.4 Å². The highest BCUT2D eigenvalue weighted by molar-refractivity contribution is 6.74. The van der Waals surface area contributed by atoms with Crippen LogP contribution < -0.4 is 9.47 Å². The quantitative estimate of drug-likeness (QED) is 0.566. The Kier molecular flexibility index (Phi) is 5.78. The largest absolute Gasteiger partial charge is 0.497 e. The third-order valence-electron chi connectivity index (χ3n) is 4.82. The van der Waals surface area contributed by atoms with E-state index in [1.807, 2.05) is 37.3 Å². The van der Waals surface area contributed by atoms with E-state index < -0.39 is 14.6 Å². The molecule has 0 unspecified atom stereocenters. The molecule has 4 nitrogen and oxygen atoms in total. The van der Waals surface area contributed by atoms with Gasteiger partial charge in [0.25, 0.3) is 0 Å². The van der Waals surface area contributed by atoms with E-state index in [4.69, 9.17) is 18.6 Å². The van der Waals surface area contributed by atoms with Gasteiger partial charge in [0.05, 0.1) is 19.3 Å². The normalized spacial score (nSPS) is 24.7. The van der Waals surface area contributed by atoms with Crippen LogP contribution in [0.1, 0.15) is 27.7 Å². The van der Waals surface area contributed by atoms with Crippen LogP contribution >= 0.6 is 0 Å². The van der Waals surface area contributed by atoms with E-state index in [0.29, 0.717) is 0 Å². The van der Waals surface area contributed by atoms with Gasteiger partial charge in [-0.3, -0.25) is 0 Å². The second-order valence-corrected chi connectivity index (χ2v) is 12.5. The third kappa shape index (κ3) is 4.62. The van der Waals surface area contributed by atoms with E-state index in [0.717, 1.165) is 11.5 Å². The fourth-order valence-corrected chi connectivity index (χ4v) is 3.50. The van der Waals surface area contributed by atoms with E-state index in [-0.39, 0.29) is 17.2 Å². The fourth-order valence-electron chi connectivity index (χ4n) is 2.20. The van der Waals surface area contributed by atoms with Gasteiger partial charge in [0.2, 0.25) is 6.29 Å². The van der Waals surface area contributed by atoms with Crippen molar-refractivity contribution in [2.24, 2.45) is 0 Å². The van der Waals surface area contributed by atoms with Crippen molar-refractivity contribution < 1.29 is 18.6 Å². The molecule has 1 heterocycles. The monoisotopic (exact) mass is 350 g/mol. The first kappa shape index (κ1) is 19.0. The molecule has 0 aromatic heterocycles. The van der Waals surface area contributed by atoms with Crippen LogP contribution in [-0.2, 0) is 9.16 Å². The molecule has 3 atom stereocenters. The topological polar surface area (TPSA) is 36.9 Å². The molecule has 0 bridgehead atoms. The molecule has 5 heteroatoms. The Balaban J connectivity index is 1.99. The average Bonchev–Trinajstić information content (AvgIpc) is 2.49. The summed E-state index contributed by atoms with van der Waals surface area (Å²) in [5, 5.41) is 0.178. The van der Waals surface area contributed by atoms with Gasteiger partial charge in [-0.25, -0.2) is 0 Å². The van der Waals surface area contributed by atoms with Gasteiger partial charge in [-0.2, -0.15) is 0 Å². The van der Waals surface area contributed by atoms with Gasteiger partial charge in [-0.05, 0) is 55.4 Å². The molecule has 1 aliphatic heterocycles. The maximum absolute atomic E-state index is 6.44. The number of ether oxygens (including phenoxy) is 3. The highest BCUT2D eigenvalue weighted by Gasteiger charge is 2.40. The van der Waals surface area contributed by atoms with Crippen molar-refractivity contribution in [3.8, 4) is 11.5 Å². The van der Waals surface area contributed by atoms with Gasteiger partial charge >= 0.3 is 0 Å². The molecule has 0 saturated heterocycles. The lowest BCUT2D eigenvalue weighted by molar-refractivity contribution is -0.119. The Morgan fingerprint density at radius 1 is 1.00 bits per heavy atom. The summed E-state index contributed by atoms with van der Waals surface area (Å²) in [5.41, 5.74) is 0. The summed E-state index contributed by atoms with van der Waals surface area (Å²) >= 11 is 0. The summed E-state index contributed by atoms with van der Waals surface area (Å²) in [4.78, 5) is 0. The van der Waals surface area contributed by atoms with E-state index in [1.54, 1.807) is 7.11 Å². The first-order valence-corrected chi connectivity index (χ1v) is 11.4. The van der Waals surface area contributed by atoms with Crippen LogP contribution in [0.3, 0.4) is 0 Å². The second-order valence-electron chi connectivity index (χ2n) is 7.73. The molecule has 0 N–H and O–H groups in total. The average molecular weight is 351 g/mol. The van der Waals surface area contributed by atoms with Crippen LogP contribution in [-0.4, -0.2) is 33.9 Å². The smallest absolute Gasteiger partial charge is 0.220 e. The van der Waals surface area contributed by atoms with Gasteiger partial charge in [-0.15, -0.1) is 0 Å². The first-order chi connectivity index (χ1) is 11.1. The summed E-state index contributed by atoms with van der Waals surface area (Å²) in [7, 11) is -0.181. The van der Waals surface area contributed by atoms with Crippen molar-refractivity contribution >= 4 is 8.32 Å². The minimum absolute atomic E-state index is 0.0263. The van der Waals surface area contributed by atoms with Gasteiger partial charge in [0.15, 0.2) is 8.32 Å². The van der Waals surface area contributed by atoms with Crippen LogP contribution in [0.25, 0.3) is 0 Å². The first-order valence-electron chi connectivity index (χ1n) is 8.45. The Morgan fingerprint density at radius 3 is 2.08 bits per heavy atom. The van der Waals surface area contributed by atoms with Gasteiger partial charge in [-0.1, -0.05) is 26.8 Å². The molecule has 2 rings (SSSR count). The molecule has 24 heavy (non-hydrogen) atoms. The van der Waals surface area contributed by atoms with Crippen LogP contribution in [0.4, 0.5) is 0 Å². The maximum Gasteiger partial charge on any atom is 0.220 e. The van der Waals surface area contributed by atoms with E-state index in [9.17, 15) is 0 Å². The molecular formula is C19H30O4Si. The Hall–Kier alpha value is -1.30. The SMILES string of the molecule is COc1ccc(O[C@H]2C=C[C@@H](O[Si](C)(C)C(C)(C)C)[C@H](C)O2)cc1. The molecule has 1 aromatic rings. The predicted octanol–water partition coefficient (Wildman–Crippen LogP) is 4.77. The Bertz CT molecular complexity index is 560. The Morgan fingerprint density at radius 2 is 1.58 bits per heavy atom. The summed E-state index contributed by atoms with van der Waals surface area (Å²) in [6, 6.07) is 7.49. The molecule has 1 aliphatic rings. The van der Waals surface area contributed by atoms with Crippen molar-refractivity contribution in [3.63, 3.8) is 0 Å². The number of rotatable bonds is 5. The van der Waals surface area contributed by atoms with Gasteiger partial charge < -0.3 is 18.6 Å². The zero-order valence-electron chi connectivity index (χ0n) is 15.8. The van der Waals surface area contributed by atoms with Gasteiger partial charge in [0.1, 0.15) is 11.5 Å². The fraction of sp³-hybridized carbons (Fsp3) is 0.579. The summed E-state index contributed by atoms with van der Waals surface area (Å²) < 4.78 is 23.4. The minimum atomic E-state index is -1.83. The van der Waals surface area contributed by atoms with E-state index >= 15 is 0 Å². The zero-order chi connectivity index (χ0) is 18.0. The highest BCUT2D eigenvalue weighted by atomic mass is 28.4. The summed E-state index contributed by atoms with van der Waals surface area (Å²) in [5.74, 6) is 1.56. The molecule has 0 fully saturated rings. The molecular weight excluding hydrogens is 320 g/mol. The van der Waals surface area contributed by atoms with Crippen molar-refractivity contribution in [1.82, 2.24) is 0 Å². The lowest BCUT2D eigenvalue weighted by Gasteiger charge is -2.41. The zero-order valence-corrected chi connectivity index (χ0v) is 16.8. The van der Waals surface area contributed by atoms with E-state index in [2.05, 4.69) is 39.9 Å². The lowest BCUT2D eigenvalue weighted by Crippen LogP contribution is -2.48. The number of hydrogen-bond acceptors (Lipinski definition) is 4. The number of benzene rings is 1. The summed E-state index contributed by atoms with van der Waals surface area (Å²) in [6.45, 7) is 13.3. The van der Waals surface area contributed by atoms with Crippen LogP contribution in [0, 0.1) is 0 Å². The maximum atomic E-state index is 6.44. The molecule has 0 radical (unpaired) electrons. The number of methoxy groups -OCH3 is 1. The highest BCUT2D eigenvalue weighted by Crippen LogP contribution is 2.38. The predicted molar refractivity (Wildman–Crippen MR) is 99.2 cm³/mol. The van der Waals surface area contributed by atoms with Crippen molar-refractivity contribution in [2.75, 3.05) is 7.11 Å². The van der Waals surface area contributed by atoms with Crippen molar-refractivity contribution in [1.29, 1.82) is 0 Å².